The Bertz CT molecular complexity index is 795. The van der Waals surface area contributed by atoms with E-state index in [1.807, 2.05) is 12.1 Å². The standard InChI is InChI=1S/C21H24N2O3/c1-14-5-2-3-6-16(14)17-12-23(21(25)19-7-4-10-26-19)13-18(17)20(24)22-11-15-8-9-15/h2-7,10,15,17-18H,8-9,11-13H2,1H3,(H,22,24)/t17-,18-/m0/s1. The Morgan fingerprint density at radius 2 is 1.96 bits per heavy atom. The molecule has 5 heteroatoms. The lowest BCUT2D eigenvalue weighted by Crippen LogP contribution is -2.36. The Balaban J connectivity index is 1.56. The molecule has 0 radical (unpaired) electrons. The molecule has 1 N–H and O–H groups in total. The highest BCUT2D eigenvalue weighted by molar-refractivity contribution is 5.92. The third kappa shape index (κ3) is 3.39. The van der Waals surface area contributed by atoms with Crippen molar-refractivity contribution in [2.45, 2.75) is 25.7 Å². The number of hydrogen-bond donors (Lipinski definition) is 1. The molecule has 0 spiro atoms. The Morgan fingerprint density at radius 3 is 2.65 bits per heavy atom. The summed E-state index contributed by atoms with van der Waals surface area (Å²) in [6, 6.07) is 11.5. The molecule has 4 rings (SSSR count). The average molecular weight is 352 g/mol. The molecule has 1 aromatic heterocycles. The van der Waals surface area contributed by atoms with E-state index in [9.17, 15) is 9.59 Å². The van der Waals surface area contributed by atoms with Crippen LogP contribution in [0.4, 0.5) is 0 Å². The van der Waals surface area contributed by atoms with E-state index in [4.69, 9.17) is 4.42 Å². The molecule has 26 heavy (non-hydrogen) atoms. The van der Waals surface area contributed by atoms with Gasteiger partial charge < -0.3 is 14.6 Å². The van der Waals surface area contributed by atoms with Crippen LogP contribution in [0.25, 0.3) is 0 Å². The van der Waals surface area contributed by atoms with E-state index < -0.39 is 0 Å². The molecule has 2 heterocycles. The topological polar surface area (TPSA) is 62.6 Å². The van der Waals surface area contributed by atoms with Crippen molar-refractivity contribution in [3.05, 3.63) is 59.5 Å². The number of aryl methyl sites for hydroxylation is 1. The predicted octanol–water partition coefficient (Wildman–Crippen LogP) is 2.97. The second-order valence-electron chi connectivity index (χ2n) is 7.45. The SMILES string of the molecule is Cc1ccccc1[C@@H]1CN(C(=O)c2ccco2)C[C@@H]1C(=O)NCC1CC1. The second kappa shape index (κ2) is 6.98. The number of carbonyl (C=O) groups excluding carboxylic acids is 2. The third-order valence-corrected chi connectivity index (χ3v) is 5.53. The smallest absolute Gasteiger partial charge is 0.289 e. The fourth-order valence-electron chi connectivity index (χ4n) is 3.81. The molecule has 1 aliphatic heterocycles. The number of benzene rings is 1. The van der Waals surface area contributed by atoms with Crippen LogP contribution in [0.2, 0.25) is 0 Å². The van der Waals surface area contributed by atoms with Crippen molar-refractivity contribution < 1.29 is 14.0 Å². The number of rotatable bonds is 5. The first-order valence-electron chi connectivity index (χ1n) is 9.29. The van der Waals surface area contributed by atoms with E-state index in [1.165, 1.54) is 19.1 Å². The number of likely N-dealkylation sites (tertiary alicyclic amines) is 1. The monoisotopic (exact) mass is 352 g/mol. The van der Waals surface area contributed by atoms with Crippen LogP contribution in [0.3, 0.4) is 0 Å². The summed E-state index contributed by atoms with van der Waals surface area (Å²) in [6.45, 7) is 3.77. The van der Waals surface area contributed by atoms with Crippen LogP contribution in [0, 0.1) is 18.8 Å². The van der Waals surface area contributed by atoms with Crippen LogP contribution in [-0.4, -0.2) is 36.3 Å². The molecule has 2 fully saturated rings. The van der Waals surface area contributed by atoms with Crippen LogP contribution in [-0.2, 0) is 4.79 Å². The molecule has 0 unspecified atom stereocenters. The molecule has 2 amide bonds. The number of carbonyl (C=O) groups is 2. The van der Waals surface area contributed by atoms with Crippen molar-refractivity contribution in [2.24, 2.45) is 11.8 Å². The number of furan rings is 1. The predicted molar refractivity (Wildman–Crippen MR) is 97.8 cm³/mol. The van der Waals surface area contributed by atoms with Gasteiger partial charge in [-0.2, -0.15) is 0 Å². The van der Waals surface area contributed by atoms with Gasteiger partial charge in [-0.05, 0) is 48.9 Å². The summed E-state index contributed by atoms with van der Waals surface area (Å²) < 4.78 is 5.26. The van der Waals surface area contributed by atoms with Crippen molar-refractivity contribution >= 4 is 11.8 Å². The highest BCUT2D eigenvalue weighted by Gasteiger charge is 2.41. The normalized spacial score (nSPS) is 22.4. The Morgan fingerprint density at radius 1 is 1.15 bits per heavy atom. The summed E-state index contributed by atoms with van der Waals surface area (Å²) in [5, 5.41) is 3.10. The lowest BCUT2D eigenvalue weighted by molar-refractivity contribution is -0.125. The third-order valence-electron chi connectivity index (χ3n) is 5.53. The Kier molecular flexibility index (Phi) is 4.53. The quantitative estimate of drug-likeness (QED) is 0.900. The molecule has 1 saturated heterocycles. The minimum Gasteiger partial charge on any atom is -0.459 e. The highest BCUT2D eigenvalue weighted by Crippen LogP contribution is 2.36. The van der Waals surface area contributed by atoms with Gasteiger partial charge in [0.1, 0.15) is 0 Å². The summed E-state index contributed by atoms with van der Waals surface area (Å²) in [5.74, 6) is 0.653. The zero-order valence-electron chi connectivity index (χ0n) is 15.0. The van der Waals surface area contributed by atoms with E-state index in [-0.39, 0.29) is 23.7 Å². The van der Waals surface area contributed by atoms with Gasteiger partial charge in [-0.25, -0.2) is 0 Å². The first-order chi connectivity index (χ1) is 12.6. The zero-order valence-corrected chi connectivity index (χ0v) is 15.0. The Hall–Kier alpha value is -2.56. The number of amides is 2. The van der Waals surface area contributed by atoms with Crippen molar-refractivity contribution in [3.63, 3.8) is 0 Å². The van der Waals surface area contributed by atoms with Crippen molar-refractivity contribution in [3.8, 4) is 0 Å². The molecule has 1 saturated carbocycles. The van der Waals surface area contributed by atoms with Gasteiger partial charge in [0.05, 0.1) is 12.2 Å². The summed E-state index contributed by atoms with van der Waals surface area (Å²) >= 11 is 0. The molecule has 1 aliphatic carbocycles. The minimum atomic E-state index is -0.228. The second-order valence-corrected chi connectivity index (χ2v) is 7.45. The molecule has 5 nitrogen and oxygen atoms in total. The molecular weight excluding hydrogens is 328 g/mol. The van der Waals surface area contributed by atoms with E-state index in [1.54, 1.807) is 17.0 Å². The summed E-state index contributed by atoms with van der Waals surface area (Å²) in [6.07, 6.45) is 3.91. The van der Waals surface area contributed by atoms with Crippen LogP contribution in [0.5, 0.6) is 0 Å². The lowest BCUT2D eigenvalue weighted by Gasteiger charge is -2.19. The summed E-state index contributed by atoms with van der Waals surface area (Å²) in [7, 11) is 0. The molecule has 136 valence electrons. The van der Waals surface area contributed by atoms with E-state index in [0.29, 0.717) is 24.8 Å². The van der Waals surface area contributed by atoms with E-state index in [0.717, 1.165) is 17.7 Å². The maximum absolute atomic E-state index is 12.9. The first-order valence-corrected chi connectivity index (χ1v) is 9.29. The first kappa shape index (κ1) is 16.9. The molecular formula is C21H24N2O3. The van der Waals surface area contributed by atoms with Gasteiger partial charge >= 0.3 is 0 Å². The van der Waals surface area contributed by atoms with Crippen LogP contribution in [0.1, 0.15) is 40.4 Å². The van der Waals surface area contributed by atoms with Crippen molar-refractivity contribution in [1.29, 1.82) is 0 Å². The molecule has 1 aromatic carbocycles. The summed E-state index contributed by atoms with van der Waals surface area (Å²) in [5.41, 5.74) is 2.30. The lowest BCUT2D eigenvalue weighted by atomic mass is 9.86. The van der Waals surface area contributed by atoms with Gasteiger partial charge in [0.2, 0.25) is 5.91 Å². The van der Waals surface area contributed by atoms with Gasteiger partial charge in [-0.15, -0.1) is 0 Å². The molecule has 2 aliphatic rings. The number of nitrogens with one attached hydrogen (secondary N) is 1. The van der Waals surface area contributed by atoms with Gasteiger partial charge in [-0.3, -0.25) is 9.59 Å². The number of hydrogen-bond acceptors (Lipinski definition) is 3. The van der Waals surface area contributed by atoms with Gasteiger partial charge in [0.25, 0.3) is 5.91 Å². The van der Waals surface area contributed by atoms with E-state index >= 15 is 0 Å². The van der Waals surface area contributed by atoms with Crippen LogP contribution in [0.15, 0.2) is 47.1 Å². The zero-order chi connectivity index (χ0) is 18.1. The van der Waals surface area contributed by atoms with E-state index in [2.05, 4.69) is 24.4 Å². The summed E-state index contributed by atoms with van der Waals surface area (Å²) in [4.78, 5) is 27.3. The fraction of sp³-hybridized carbons (Fsp3) is 0.429. The molecule has 2 atom stereocenters. The fourth-order valence-corrected chi connectivity index (χ4v) is 3.81. The maximum atomic E-state index is 12.9. The Labute approximate surface area is 153 Å². The maximum Gasteiger partial charge on any atom is 0.289 e. The number of nitrogens with zero attached hydrogens (tertiary/aromatic N) is 1. The van der Waals surface area contributed by atoms with Gasteiger partial charge in [0.15, 0.2) is 5.76 Å². The highest BCUT2D eigenvalue weighted by atomic mass is 16.3. The molecule has 2 aromatic rings. The van der Waals surface area contributed by atoms with Gasteiger partial charge in [-0.1, -0.05) is 24.3 Å². The van der Waals surface area contributed by atoms with Crippen molar-refractivity contribution in [1.82, 2.24) is 10.2 Å². The van der Waals surface area contributed by atoms with Gasteiger partial charge in [0, 0.05) is 25.6 Å². The largest absolute Gasteiger partial charge is 0.459 e. The van der Waals surface area contributed by atoms with Crippen LogP contribution < -0.4 is 5.32 Å². The molecule has 0 bridgehead atoms. The van der Waals surface area contributed by atoms with Crippen molar-refractivity contribution in [2.75, 3.05) is 19.6 Å². The van der Waals surface area contributed by atoms with Crippen LogP contribution >= 0.6 is 0 Å². The minimum absolute atomic E-state index is 0.00863. The average Bonchev–Trinajstić information content (AvgIpc) is 3.13.